The van der Waals surface area contributed by atoms with Crippen LogP contribution in [0.5, 0.6) is 0 Å². The normalized spacial score (nSPS) is 14.8. The van der Waals surface area contributed by atoms with Crippen molar-refractivity contribution in [1.82, 2.24) is 0 Å². The van der Waals surface area contributed by atoms with Gasteiger partial charge in [0.15, 0.2) is 0 Å². The fourth-order valence-electron chi connectivity index (χ4n) is 1.58. The van der Waals surface area contributed by atoms with Crippen LogP contribution in [-0.2, 0) is 9.53 Å². The van der Waals surface area contributed by atoms with Gasteiger partial charge in [0.1, 0.15) is 5.76 Å². The van der Waals surface area contributed by atoms with E-state index in [2.05, 4.69) is 0 Å². The van der Waals surface area contributed by atoms with Crippen molar-refractivity contribution in [1.29, 1.82) is 0 Å². The summed E-state index contributed by atoms with van der Waals surface area (Å²) in [5.74, 6) is -0.416. The van der Waals surface area contributed by atoms with Gasteiger partial charge >= 0.3 is 5.97 Å². The minimum Gasteiger partial charge on any atom is -0.475 e. The van der Waals surface area contributed by atoms with E-state index < -0.39 is 5.97 Å². The van der Waals surface area contributed by atoms with Crippen LogP contribution in [0.15, 0.2) is 42.2 Å². The minimum absolute atomic E-state index is 0.000920. The van der Waals surface area contributed by atoms with Crippen LogP contribution < -0.4 is 0 Å². The first-order valence-corrected chi connectivity index (χ1v) is 5.05. The van der Waals surface area contributed by atoms with Crippen LogP contribution >= 0.6 is 0 Å². The number of ether oxygens (including phenoxy) is 1. The van der Waals surface area contributed by atoms with Crippen LogP contribution in [0.4, 0.5) is 0 Å². The molecule has 0 aromatic heterocycles. The quantitative estimate of drug-likeness (QED) is 0.826. The highest BCUT2D eigenvalue weighted by Crippen LogP contribution is 2.24. The molecule has 1 N–H and O–H groups in total. The second-order valence-electron chi connectivity index (χ2n) is 3.65. The third-order valence-corrected chi connectivity index (χ3v) is 2.34. The van der Waals surface area contributed by atoms with Crippen LogP contribution in [0.2, 0.25) is 0 Å². The summed E-state index contributed by atoms with van der Waals surface area (Å²) in [4.78, 5) is 10.8. The molecule has 0 fully saturated rings. The molecular formula is C13H12O3. The SMILES string of the molecule is Cc1cccc(C2=CCC=C(C(=O)O)O2)c1. The van der Waals surface area contributed by atoms with Gasteiger partial charge in [-0.1, -0.05) is 23.8 Å². The maximum atomic E-state index is 10.8. The van der Waals surface area contributed by atoms with Gasteiger partial charge in [-0.25, -0.2) is 4.79 Å². The smallest absolute Gasteiger partial charge is 0.371 e. The zero-order chi connectivity index (χ0) is 11.5. The van der Waals surface area contributed by atoms with E-state index >= 15 is 0 Å². The number of carboxylic acid groups (broad SMARTS) is 1. The summed E-state index contributed by atoms with van der Waals surface area (Å²) in [7, 11) is 0. The molecule has 16 heavy (non-hydrogen) atoms. The Hall–Kier alpha value is -2.03. The highest BCUT2D eigenvalue weighted by molar-refractivity contribution is 5.86. The van der Waals surface area contributed by atoms with E-state index in [9.17, 15) is 4.79 Å². The van der Waals surface area contributed by atoms with Gasteiger partial charge in [0.25, 0.3) is 0 Å². The standard InChI is InChI=1S/C13H12O3/c1-9-4-2-5-10(8-9)11-6-3-7-12(16-11)13(14)15/h2,4-8H,3H2,1H3,(H,14,15). The molecule has 0 bridgehead atoms. The molecule has 0 radical (unpaired) electrons. The molecule has 1 aliphatic heterocycles. The number of carboxylic acids is 1. The first-order chi connectivity index (χ1) is 7.66. The fraction of sp³-hybridized carbons (Fsp3) is 0.154. The molecule has 82 valence electrons. The number of rotatable bonds is 2. The van der Waals surface area contributed by atoms with Gasteiger partial charge in [-0.15, -0.1) is 0 Å². The summed E-state index contributed by atoms with van der Waals surface area (Å²) in [5.41, 5.74) is 2.03. The molecule has 0 saturated carbocycles. The van der Waals surface area contributed by atoms with Crippen molar-refractivity contribution in [2.24, 2.45) is 0 Å². The van der Waals surface area contributed by atoms with Crippen LogP contribution in [0.1, 0.15) is 17.5 Å². The summed E-state index contributed by atoms with van der Waals surface area (Å²) in [6.45, 7) is 1.99. The fourth-order valence-corrected chi connectivity index (χ4v) is 1.58. The first kappa shape index (κ1) is 10.5. The Morgan fingerprint density at radius 1 is 1.38 bits per heavy atom. The molecule has 0 unspecified atom stereocenters. The van der Waals surface area contributed by atoms with Crippen molar-refractivity contribution in [2.75, 3.05) is 0 Å². The van der Waals surface area contributed by atoms with Crippen molar-refractivity contribution in [3.8, 4) is 0 Å². The van der Waals surface area contributed by atoms with Crippen molar-refractivity contribution >= 4 is 11.7 Å². The number of aliphatic carboxylic acids is 1. The molecule has 3 heteroatoms. The van der Waals surface area contributed by atoms with E-state index in [0.29, 0.717) is 12.2 Å². The monoisotopic (exact) mass is 216 g/mol. The minimum atomic E-state index is -1.03. The van der Waals surface area contributed by atoms with Gasteiger partial charge in [-0.2, -0.15) is 0 Å². The van der Waals surface area contributed by atoms with E-state index in [1.54, 1.807) is 6.08 Å². The van der Waals surface area contributed by atoms with Crippen molar-refractivity contribution < 1.29 is 14.6 Å². The van der Waals surface area contributed by atoms with Crippen molar-refractivity contribution in [3.05, 3.63) is 53.3 Å². The topological polar surface area (TPSA) is 46.5 Å². The Morgan fingerprint density at radius 3 is 2.88 bits per heavy atom. The summed E-state index contributed by atoms with van der Waals surface area (Å²) in [6, 6.07) is 7.79. The maximum Gasteiger partial charge on any atom is 0.371 e. The second kappa shape index (κ2) is 4.23. The first-order valence-electron chi connectivity index (χ1n) is 5.05. The van der Waals surface area contributed by atoms with Gasteiger partial charge in [0.2, 0.25) is 5.76 Å². The van der Waals surface area contributed by atoms with E-state index in [-0.39, 0.29) is 5.76 Å². The molecule has 0 saturated heterocycles. The lowest BCUT2D eigenvalue weighted by Crippen LogP contribution is -2.07. The Morgan fingerprint density at radius 2 is 2.19 bits per heavy atom. The average molecular weight is 216 g/mol. The molecule has 1 aromatic rings. The Kier molecular flexibility index (Phi) is 2.77. The van der Waals surface area contributed by atoms with E-state index in [0.717, 1.165) is 11.1 Å². The summed E-state index contributed by atoms with van der Waals surface area (Å²) >= 11 is 0. The second-order valence-corrected chi connectivity index (χ2v) is 3.65. The van der Waals surface area contributed by atoms with E-state index in [1.807, 2.05) is 37.3 Å². The molecule has 0 aliphatic carbocycles. The molecule has 3 nitrogen and oxygen atoms in total. The van der Waals surface area contributed by atoms with Gasteiger partial charge in [-0.3, -0.25) is 0 Å². The molecule has 0 spiro atoms. The Bertz CT molecular complexity index is 484. The number of hydrogen-bond acceptors (Lipinski definition) is 2. The Balaban J connectivity index is 2.24. The lowest BCUT2D eigenvalue weighted by atomic mass is 10.1. The zero-order valence-corrected chi connectivity index (χ0v) is 8.93. The third kappa shape index (κ3) is 2.14. The lowest BCUT2D eigenvalue weighted by molar-refractivity contribution is -0.135. The molecule has 0 amide bonds. The maximum absolute atomic E-state index is 10.8. The van der Waals surface area contributed by atoms with Crippen LogP contribution in [0.3, 0.4) is 0 Å². The lowest BCUT2D eigenvalue weighted by Gasteiger charge is -2.14. The number of carbonyl (C=O) groups is 1. The molecule has 2 rings (SSSR count). The van der Waals surface area contributed by atoms with Gasteiger partial charge in [-0.05, 0) is 31.6 Å². The highest BCUT2D eigenvalue weighted by Gasteiger charge is 2.15. The number of benzene rings is 1. The van der Waals surface area contributed by atoms with E-state index in [4.69, 9.17) is 9.84 Å². The van der Waals surface area contributed by atoms with Crippen molar-refractivity contribution in [3.63, 3.8) is 0 Å². The highest BCUT2D eigenvalue weighted by atomic mass is 16.5. The molecule has 1 aliphatic rings. The summed E-state index contributed by atoms with van der Waals surface area (Å²) in [5, 5.41) is 8.84. The predicted molar refractivity (Wildman–Crippen MR) is 60.6 cm³/mol. The number of allylic oxidation sites excluding steroid dienone is 2. The number of hydrogen-bond donors (Lipinski definition) is 1. The number of aryl methyl sites for hydroxylation is 1. The average Bonchev–Trinajstić information content (AvgIpc) is 2.29. The van der Waals surface area contributed by atoms with Crippen molar-refractivity contribution in [2.45, 2.75) is 13.3 Å². The van der Waals surface area contributed by atoms with Crippen LogP contribution in [0.25, 0.3) is 5.76 Å². The Labute approximate surface area is 93.7 Å². The molecular weight excluding hydrogens is 204 g/mol. The van der Waals surface area contributed by atoms with Crippen LogP contribution in [0, 0.1) is 6.92 Å². The summed E-state index contributed by atoms with van der Waals surface area (Å²) in [6.07, 6.45) is 4.02. The van der Waals surface area contributed by atoms with Gasteiger partial charge in [0.05, 0.1) is 0 Å². The van der Waals surface area contributed by atoms with E-state index in [1.165, 1.54) is 0 Å². The van der Waals surface area contributed by atoms with Crippen LogP contribution in [-0.4, -0.2) is 11.1 Å². The third-order valence-electron chi connectivity index (χ3n) is 2.34. The largest absolute Gasteiger partial charge is 0.475 e. The molecule has 0 atom stereocenters. The summed E-state index contributed by atoms with van der Waals surface area (Å²) < 4.78 is 5.31. The predicted octanol–water partition coefficient (Wildman–Crippen LogP) is 2.72. The van der Waals surface area contributed by atoms with Gasteiger partial charge in [0, 0.05) is 5.56 Å². The van der Waals surface area contributed by atoms with Gasteiger partial charge < -0.3 is 9.84 Å². The molecule has 1 aromatic carbocycles. The zero-order valence-electron chi connectivity index (χ0n) is 8.93. The molecule has 1 heterocycles.